The Hall–Kier alpha value is -1.27. The minimum Gasteiger partial charge on any atom is -0.355 e. The lowest BCUT2D eigenvalue weighted by Gasteiger charge is -2.30. The first kappa shape index (κ1) is 16.8. The fraction of sp³-hybridized carbons (Fsp3) is 0.462. The van der Waals surface area contributed by atoms with E-state index in [1.54, 1.807) is 38.1 Å². The van der Waals surface area contributed by atoms with E-state index in [2.05, 4.69) is 5.32 Å². The molecule has 5 nitrogen and oxygen atoms in total. The van der Waals surface area contributed by atoms with Crippen molar-refractivity contribution in [1.29, 1.82) is 0 Å². The van der Waals surface area contributed by atoms with Crippen molar-refractivity contribution >= 4 is 33.2 Å². The third-order valence-corrected chi connectivity index (χ3v) is 4.19. The van der Waals surface area contributed by atoms with Crippen LogP contribution in [0.15, 0.2) is 24.3 Å². The standard InChI is InChI=1S/C13H19ClN2O3S/c1-4-12(13(17)15-5-2)16(20(3,18)19)11-8-6-10(14)7-9-11/h6-9,12H,4-5H2,1-3H3,(H,15,17). The van der Waals surface area contributed by atoms with Gasteiger partial charge in [0.05, 0.1) is 11.9 Å². The van der Waals surface area contributed by atoms with E-state index in [9.17, 15) is 13.2 Å². The molecule has 20 heavy (non-hydrogen) atoms. The van der Waals surface area contributed by atoms with Crippen molar-refractivity contribution in [2.75, 3.05) is 17.1 Å². The van der Waals surface area contributed by atoms with Crippen LogP contribution in [0.5, 0.6) is 0 Å². The van der Waals surface area contributed by atoms with Gasteiger partial charge in [0, 0.05) is 11.6 Å². The molecular weight excluding hydrogens is 300 g/mol. The lowest BCUT2D eigenvalue weighted by atomic mass is 10.2. The highest BCUT2D eigenvalue weighted by Gasteiger charge is 2.30. The molecule has 112 valence electrons. The van der Waals surface area contributed by atoms with Crippen LogP contribution < -0.4 is 9.62 Å². The number of benzene rings is 1. The van der Waals surface area contributed by atoms with Crippen LogP contribution in [0.3, 0.4) is 0 Å². The summed E-state index contributed by atoms with van der Waals surface area (Å²) in [5.74, 6) is -0.310. The van der Waals surface area contributed by atoms with Crippen molar-refractivity contribution in [1.82, 2.24) is 5.32 Å². The first-order valence-corrected chi connectivity index (χ1v) is 8.56. The second-order valence-electron chi connectivity index (χ2n) is 4.35. The Kier molecular flexibility index (Phi) is 5.83. The van der Waals surface area contributed by atoms with Crippen molar-refractivity contribution in [2.24, 2.45) is 0 Å². The molecule has 0 aliphatic rings. The molecule has 1 amide bonds. The van der Waals surface area contributed by atoms with Crippen LogP contribution >= 0.6 is 11.6 Å². The van der Waals surface area contributed by atoms with Gasteiger partial charge in [0.25, 0.3) is 0 Å². The largest absolute Gasteiger partial charge is 0.355 e. The minimum absolute atomic E-state index is 0.310. The zero-order valence-corrected chi connectivity index (χ0v) is 13.3. The fourth-order valence-electron chi connectivity index (χ4n) is 1.94. The van der Waals surface area contributed by atoms with Crippen LogP contribution in [0.1, 0.15) is 20.3 Å². The van der Waals surface area contributed by atoms with Crippen LogP contribution in [-0.2, 0) is 14.8 Å². The summed E-state index contributed by atoms with van der Waals surface area (Å²) in [6.45, 7) is 4.01. The SMILES string of the molecule is CCNC(=O)C(CC)N(c1ccc(Cl)cc1)S(C)(=O)=O. The predicted molar refractivity (Wildman–Crippen MR) is 81.5 cm³/mol. The summed E-state index contributed by atoms with van der Waals surface area (Å²) in [6, 6.07) is 5.60. The number of amides is 1. The maximum Gasteiger partial charge on any atom is 0.243 e. The molecule has 1 unspecified atom stereocenters. The van der Waals surface area contributed by atoms with Crippen molar-refractivity contribution in [3.8, 4) is 0 Å². The molecule has 0 radical (unpaired) electrons. The molecule has 0 bridgehead atoms. The molecule has 0 aliphatic heterocycles. The smallest absolute Gasteiger partial charge is 0.243 e. The quantitative estimate of drug-likeness (QED) is 0.872. The zero-order valence-electron chi connectivity index (χ0n) is 11.8. The second-order valence-corrected chi connectivity index (χ2v) is 6.65. The van der Waals surface area contributed by atoms with Crippen molar-refractivity contribution in [2.45, 2.75) is 26.3 Å². The van der Waals surface area contributed by atoms with Gasteiger partial charge in [-0.1, -0.05) is 18.5 Å². The fourth-order valence-corrected chi connectivity index (χ4v) is 3.28. The lowest BCUT2D eigenvalue weighted by molar-refractivity contribution is -0.122. The lowest BCUT2D eigenvalue weighted by Crippen LogP contribution is -2.49. The van der Waals surface area contributed by atoms with Crippen molar-refractivity contribution < 1.29 is 13.2 Å². The summed E-state index contributed by atoms with van der Waals surface area (Å²) in [4.78, 5) is 12.1. The normalized spacial score (nSPS) is 12.8. The summed E-state index contributed by atoms with van der Waals surface area (Å²) in [6.07, 6.45) is 1.46. The molecule has 0 aromatic heterocycles. The van der Waals surface area contributed by atoms with E-state index in [4.69, 9.17) is 11.6 Å². The van der Waals surface area contributed by atoms with E-state index >= 15 is 0 Å². The van der Waals surface area contributed by atoms with Gasteiger partial charge in [-0.3, -0.25) is 9.10 Å². The van der Waals surface area contributed by atoms with Crippen LogP contribution in [-0.4, -0.2) is 33.2 Å². The number of likely N-dealkylation sites (N-methyl/N-ethyl adjacent to an activating group) is 1. The minimum atomic E-state index is -3.58. The van der Waals surface area contributed by atoms with Gasteiger partial charge < -0.3 is 5.32 Å². The van der Waals surface area contributed by atoms with Gasteiger partial charge >= 0.3 is 0 Å². The van der Waals surface area contributed by atoms with Gasteiger partial charge in [0.2, 0.25) is 15.9 Å². The first-order valence-electron chi connectivity index (χ1n) is 6.34. The predicted octanol–water partition coefficient (Wildman–Crippen LogP) is 2.02. The van der Waals surface area contributed by atoms with Gasteiger partial charge in [-0.05, 0) is 37.6 Å². The van der Waals surface area contributed by atoms with E-state index in [1.165, 1.54) is 0 Å². The molecule has 1 aromatic carbocycles. The number of anilines is 1. The monoisotopic (exact) mass is 318 g/mol. The Morgan fingerprint density at radius 3 is 2.25 bits per heavy atom. The van der Waals surface area contributed by atoms with E-state index in [0.717, 1.165) is 10.6 Å². The second kappa shape index (κ2) is 6.95. The Balaban J connectivity index is 3.25. The molecule has 0 saturated carbocycles. The summed E-state index contributed by atoms with van der Waals surface area (Å²) >= 11 is 5.81. The average molecular weight is 319 g/mol. The molecule has 0 fully saturated rings. The van der Waals surface area contributed by atoms with Crippen LogP contribution in [0.25, 0.3) is 0 Å². The number of carbonyl (C=O) groups excluding carboxylic acids is 1. The highest BCUT2D eigenvalue weighted by Crippen LogP contribution is 2.24. The first-order chi connectivity index (χ1) is 9.31. The number of nitrogens with one attached hydrogen (secondary N) is 1. The molecule has 0 heterocycles. The van der Waals surface area contributed by atoms with E-state index in [-0.39, 0.29) is 5.91 Å². The van der Waals surface area contributed by atoms with Gasteiger partial charge in [0.1, 0.15) is 6.04 Å². The highest BCUT2D eigenvalue weighted by molar-refractivity contribution is 7.92. The Morgan fingerprint density at radius 2 is 1.85 bits per heavy atom. The third-order valence-electron chi connectivity index (χ3n) is 2.76. The molecular formula is C13H19ClN2O3S. The van der Waals surface area contributed by atoms with Crippen LogP contribution in [0.4, 0.5) is 5.69 Å². The maximum atomic E-state index is 12.1. The number of hydrogen-bond acceptors (Lipinski definition) is 3. The van der Waals surface area contributed by atoms with E-state index < -0.39 is 16.1 Å². The van der Waals surface area contributed by atoms with Gasteiger partial charge in [-0.15, -0.1) is 0 Å². The molecule has 1 aromatic rings. The summed E-state index contributed by atoms with van der Waals surface area (Å²) in [5.41, 5.74) is 0.426. The summed E-state index contributed by atoms with van der Waals surface area (Å²) < 4.78 is 25.2. The number of nitrogens with zero attached hydrogens (tertiary/aromatic N) is 1. The summed E-state index contributed by atoms with van der Waals surface area (Å²) in [5, 5.41) is 3.17. The van der Waals surface area contributed by atoms with Gasteiger partial charge in [-0.2, -0.15) is 0 Å². The summed E-state index contributed by atoms with van der Waals surface area (Å²) in [7, 11) is -3.58. The Morgan fingerprint density at radius 1 is 1.30 bits per heavy atom. The third kappa shape index (κ3) is 4.11. The van der Waals surface area contributed by atoms with E-state index in [0.29, 0.717) is 23.7 Å². The average Bonchev–Trinajstić information content (AvgIpc) is 2.36. The molecule has 0 spiro atoms. The molecule has 1 N–H and O–H groups in total. The van der Waals surface area contributed by atoms with Gasteiger partial charge in [0.15, 0.2) is 0 Å². The number of carbonyl (C=O) groups is 1. The topological polar surface area (TPSA) is 66.5 Å². The van der Waals surface area contributed by atoms with Gasteiger partial charge in [-0.25, -0.2) is 8.42 Å². The molecule has 0 aliphatic carbocycles. The number of sulfonamides is 1. The number of hydrogen-bond donors (Lipinski definition) is 1. The zero-order chi connectivity index (χ0) is 15.3. The maximum absolute atomic E-state index is 12.1. The highest BCUT2D eigenvalue weighted by atomic mass is 35.5. The van der Waals surface area contributed by atoms with Crippen molar-refractivity contribution in [3.63, 3.8) is 0 Å². The Bertz CT molecular complexity index is 557. The number of halogens is 1. The number of rotatable bonds is 6. The molecule has 1 atom stereocenters. The Labute approximate surface area is 125 Å². The van der Waals surface area contributed by atoms with E-state index in [1.807, 2.05) is 0 Å². The molecule has 0 saturated heterocycles. The molecule has 1 rings (SSSR count). The van der Waals surface area contributed by atoms with Crippen LogP contribution in [0, 0.1) is 0 Å². The molecule has 7 heteroatoms. The van der Waals surface area contributed by atoms with Crippen molar-refractivity contribution in [3.05, 3.63) is 29.3 Å². The van der Waals surface area contributed by atoms with Crippen LogP contribution in [0.2, 0.25) is 5.02 Å².